The van der Waals surface area contributed by atoms with E-state index < -0.39 is 29.8 Å². The summed E-state index contributed by atoms with van der Waals surface area (Å²) in [5, 5.41) is 0. The van der Waals surface area contributed by atoms with Gasteiger partial charge in [0.05, 0.1) is 7.11 Å². The fraction of sp³-hybridized carbons (Fsp3) is 0.579. The van der Waals surface area contributed by atoms with E-state index in [0.29, 0.717) is 30.9 Å². The van der Waals surface area contributed by atoms with Gasteiger partial charge in [-0.3, -0.25) is 0 Å². The maximum atomic E-state index is 12.7. The van der Waals surface area contributed by atoms with Gasteiger partial charge < -0.3 is 23.8 Å². The number of ether oxygens (including phenoxy) is 4. The second-order valence-corrected chi connectivity index (χ2v) is 7.46. The minimum atomic E-state index is -5.05. The first-order chi connectivity index (χ1) is 13.7. The third-order valence-electron chi connectivity index (χ3n) is 6.03. The van der Waals surface area contributed by atoms with Crippen molar-refractivity contribution >= 4 is 12.1 Å². The topological polar surface area (TPSA) is 74.3 Å². The maximum Gasteiger partial charge on any atom is 0.490 e. The number of methoxy groups -OCH3 is 1. The number of rotatable bonds is 2. The van der Waals surface area contributed by atoms with Crippen molar-refractivity contribution in [2.24, 2.45) is 0 Å². The monoisotopic (exact) mass is 415 g/mol. The molecule has 29 heavy (non-hydrogen) atoms. The number of likely N-dealkylation sites (tertiary alicyclic amines) is 1. The lowest BCUT2D eigenvalue weighted by Crippen LogP contribution is -2.51. The standard InChI is InChI=1S/C19H20F3NO6/c1-26-17(25)23-7-6-18(11-2-4-13-14(8-11)28-10-27-13)9-12(3-5-15(18)23)29-16(24)19(20,21)22/h2,4,8,12,15H,3,5-7,9-10H2,1H3/t12-,15+,18-/m0/s1. The Balaban J connectivity index is 1.67. The van der Waals surface area contributed by atoms with E-state index >= 15 is 0 Å². The zero-order valence-corrected chi connectivity index (χ0v) is 15.7. The van der Waals surface area contributed by atoms with Crippen LogP contribution < -0.4 is 9.47 Å². The summed E-state index contributed by atoms with van der Waals surface area (Å²) in [5.74, 6) is -1.06. The SMILES string of the molecule is COC(=O)N1CC[C@@]2(c3ccc4c(c3)OCO4)C[C@@H](OC(=O)C(F)(F)F)CC[C@@H]12. The number of fused-ring (bicyclic) bond motifs is 2. The lowest BCUT2D eigenvalue weighted by Gasteiger charge is -2.44. The molecule has 0 radical (unpaired) electrons. The van der Waals surface area contributed by atoms with E-state index in [1.54, 1.807) is 17.0 Å². The van der Waals surface area contributed by atoms with Gasteiger partial charge in [-0.05, 0) is 43.4 Å². The minimum absolute atomic E-state index is 0.0926. The number of hydrogen-bond acceptors (Lipinski definition) is 6. The molecule has 3 aliphatic rings. The largest absolute Gasteiger partial charge is 0.490 e. The Morgan fingerprint density at radius 3 is 2.69 bits per heavy atom. The summed E-state index contributed by atoms with van der Waals surface area (Å²) in [6.07, 6.45) is -5.13. The highest BCUT2D eigenvalue weighted by Crippen LogP contribution is 2.51. The van der Waals surface area contributed by atoms with Crippen LogP contribution in [0.1, 0.15) is 31.2 Å². The molecule has 2 fully saturated rings. The smallest absolute Gasteiger partial charge is 0.456 e. The predicted molar refractivity (Wildman–Crippen MR) is 91.5 cm³/mol. The molecule has 2 heterocycles. The van der Waals surface area contributed by atoms with Gasteiger partial charge in [0.2, 0.25) is 6.79 Å². The summed E-state index contributed by atoms with van der Waals surface area (Å²) in [6.45, 7) is 0.487. The molecule has 1 aromatic carbocycles. The first-order valence-electron chi connectivity index (χ1n) is 9.27. The maximum absolute atomic E-state index is 12.7. The van der Waals surface area contributed by atoms with Gasteiger partial charge in [-0.2, -0.15) is 13.2 Å². The zero-order valence-electron chi connectivity index (χ0n) is 15.7. The van der Waals surface area contributed by atoms with Gasteiger partial charge in [-0.1, -0.05) is 6.07 Å². The Kier molecular flexibility index (Phi) is 4.74. The molecule has 1 aliphatic carbocycles. The van der Waals surface area contributed by atoms with Crippen LogP contribution in [-0.2, 0) is 19.7 Å². The van der Waals surface area contributed by atoms with Crippen molar-refractivity contribution in [3.8, 4) is 11.5 Å². The Labute approximate surface area is 164 Å². The molecule has 0 spiro atoms. The molecule has 0 unspecified atom stereocenters. The lowest BCUT2D eigenvalue weighted by molar-refractivity contribution is -0.207. The van der Waals surface area contributed by atoms with Crippen LogP contribution in [0.2, 0.25) is 0 Å². The van der Waals surface area contributed by atoms with Crippen molar-refractivity contribution in [1.29, 1.82) is 0 Å². The molecule has 0 bridgehead atoms. The number of benzene rings is 1. The van der Waals surface area contributed by atoms with Crippen LogP contribution in [0.25, 0.3) is 0 Å². The molecule has 158 valence electrons. The molecule has 2 aliphatic heterocycles. The third kappa shape index (κ3) is 3.34. The quantitative estimate of drug-likeness (QED) is 0.691. The van der Waals surface area contributed by atoms with Crippen LogP contribution in [0.15, 0.2) is 18.2 Å². The van der Waals surface area contributed by atoms with Crippen LogP contribution in [0, 0.1) is 0 Å². The minimum Gasteiger partial charge on any atom is -0.456 e. The van der Waals surface area contributed by atoms with E-state index in [9.17, 15) is 22.8 Å². The van der Waals surface area contributed by atoms with Crippen LogP contribution in [0.3, 0.4) is 0 Å². The normalized spacial score (nSPS) is 28.1. The van der Waals surface area contributed by atoms with Crippen LogP contribution in [0.4, 0.5) is 18.0 Å². The molecule has 1 aromatic rings. The lowest BCUT2D eigenvalue weighted by atomic mass is 9.65. The van der Waals surface area contributed by atoms with E-state index in [1.165, 1.54) is 7.11 Å². The van der Waals surface area contributed by atoms with Crippen molar-refractivity contribution in [3.05, 3.63) is 23.8 Å². The number of halogens is 3. The molecular weight excluding hydrogens is 395 g/mol. The molecule has 3 atom stereocenters. The molecule has 1 saturated carbocycles. The van der Waals surface area contributed by atoms with Crippen molar-refractivity contribution in [2.45, 2.75) is 49.4 Å². The molecule has 10 heteroatoms. The van der Waals surface area contributed by atoms with Gasteiger partial charge in [-0.25, -0.2) is 9.59 Å². The zero-order chi connectivity index (χ0) is 20.8. The number of amides is 1. The number of carbonyl (C=O) groups excluding carboxylic acids is 2. The van der Waals surface area contributed by atoms with Gasteiger partial charge in [0.15, 0.2) is 11.5 Å². The van der Waals surface area contributed by atoms with Crippen molar-refractivity contribution in [1.82, 2.24) is 4.90 Å². The summed E-state index contributed by atoms with van der Waals surface area (Å²) in [6, 6.07) is 5.09. The molecule has 1 amide bonds. The van der Waals surface area contributed by atoms with E-state index in [2.05, 4.69) is 0 Å². The van der Waals surface area contributed by atoms with Crippen LogP contribution >= 0.6 is 0 Å². The van der Waals surface area contributed by atoms with Crippen molar-refractivity contribution < 1.29 is 41.7 Å². The molecule has 0 aromatic heterocycles. The summed E-state index contributed by atoms with van der Waals surface area (Å²) >= 11 is 0. The first-order valence-corrected chi connectivity index (χ1v) is 9.27. The van der Waals surface area contributed by atoms with Gasteiger partial charge >= 0.3 is 18.2 Å². The fourth-order valence-corrected chi connectivity index (χ4v) is 4.78. The van der Waals surface area contributed by atoms with Gasteiger partial charge in [0.25, 0.3) is 0 Å². The number of alkyl halides is 3. The second kappa shape index (κ2) is 7.00. The summed E-state index contributed by atoms with van der Waals surface area (Å²) < 4.78 is 58.5. The fourth-order valence-electron chi connectivity index (χ4n) is 4.78. The Morgan fingerprint density at radius 1 is 1.21 bits per heavy atom. The van der Waals surface area contributed by atoms with Gasteiger partial charge in [-0.15, -0.1) is 0 Å². The number of esters is 1. The summed E-state index contributed by atoms with van der Waals surface area (Å²) in [7, 11) is 1.29. The third-order valence-corrected chi connectivity index (χ3v) is 6.03. The van der Waals surface area contributed by atoms with Gasteiger partial charge in [0.1, 0.15) is 6.10 Å². The van der Waals surface area contributed by atoms with E-state index in [1.807, 2.05) is 6.07 Å². The number of carbonyl (C=O) groups is 2. The number of hydrogen-bond donors (Lipinski definition) is 0. The van der Waals surface area contributed by atoms with Gasteiger partial charge in [0, 0.05) is 18.0 Å². The molecular formula is C19H20F3NO6. The second-order valence-electron chi connectivity index (χ2n) is 7.46. The molecule has 4 rings (SSSR count). The summed E-state index contributed by atoms with van der Waals surface area (Å²) in [4.78, 5) is 25.2. The highest BCUT2D eigenvalue weighted by Gasteiger charge is 2.55. The van der Waals surface area contributed by atoms with E-state index in [4.69, 9.17) is 18.9 Å². The molecule has 1 saturated heterocycles. The Bertz CT molecular complexity index is 829. The van der Waals surface area contributed by atoms with Crippen LogP contribution in [-0.4, -0.2) is 55.7 Å². The van der Waals surface area contributed by atoms with Crippen molar-refractivity contribution in [3.63, 3.8) is 0 Å². The molecule has 7 nitrogen and oxygen atoms in total. The van der Waals surface area contributed by atoms with E-state index in [0.717, 1.165) is 5.56 Å². The predicted octanol–water partition coefficient (Wildman–Crippen LogP) is 3.15. The first kappa shape index (κ1) is 19.7. The Hall–Kier alpha value is -2.65. The highest BCUT2D eigenvalue weighted by atomic mass is 19.4. The summed E-state index contributed by atoms with van der Waals surface area (Å²) in [5.41, 5.74) is 0.134. The van der Waals surface area contributed by atoms with Crippen LogP contribution in [0.5, 0.6) is 11.5 Å². The molecule has 0 N–H and O–H groups in total. The average molecular weight is 415 g/mol. The average Bonchev–Trinajstić information content (AvgIpc) is 3.30. The van der Waals surface area contributed by atoms with Crippen molar-refractivity contribution in [2.75, 3.05) is 20.4 Å². The highest BCUT2D eigenvalue weighted by molar-refractivity contribution is 5.75. The number of nitrogens with zero attached hydrogens (tertiary/aromatic N) is 1. The van der Waals surface area contributed by atoms with E-state index in [-0.39, 0.29) is 25.7 Å². The Morgan fingerprint density at radius 2 is 1.97 bits per heavy atom.